The van der Waals surface area contributed by atoms with Gasteiger partial charge in [-0.25, -0.2) is 9.37 Å². The van der Waals surface area contributed by atoms with E-state index in [4.69, 9.17) is 9.72 Å². The van der Waals surface area contributed by atoms with Gasteiger partial charge in [-0.05, 0) is 60.4 Å². The third-order valence-electron chi connectivity index (χ3n) is 5.88. The van der Waals surface area contributed by atoms with Crippen LogP contribution in [0.15, 0.2) is 66.7 Å². The van der Waals surface area contributed by atoms with Crippen molar-refractivity contribution in [1.29, 1.82) is 0 Å². The summed E-state index contributed by atoms with van der Waals surface area (Å²) in [4.78, 5) is 18.4. The number of methoxy groups -OCH3 is 1. The molecule has 6 heteroatoms. The maximum absolute atomic E-state index is 13.5. The van der Waals surface area contributed by atoms with Gasteiger partial charge in [-0.1, -0.05) is 42.5 Å². The van der Waals surface area contributed by atoms with E-state index in [0.717, 1.165) is 39.1 Å². The summed E-state index contributed by atoms with van der Waals surface area (Å²) in [6.07, 6.45) is 0.474. The number of nitrogens with one attached hydrogen (secondary N) is 1. The maximum Gasteiger partial charge on any atom is 0.247 e. The summed E-state index contributed by atoms with van der Waals surface area (Å²) in [5.41, 5.74) is 5.79. The van der Waals surface area contributed by atoms with Gasteiger partial charge >= 0.3 is 0 Å². The predicted octanol–water partition coefficient (Wildman–Crippen LogP) is 4.74. The molecule has 0 aliphatic carbocycles. The lowest BCUT2D eigenvalue weighted by Gasteiger charge is -2.22. The summed E-state index contributed by atoms with van der Waals surface area (Å²) in [5.74, 6) is 0.340. The van der Waals surface area contributed by atoms with Crippen LogP contribution in [0.5, 0.6) is 0 Å². The highest BCUT2D eigenvalue weighted by molar-refractivity contribution is 5.87. The molecule has 4 aromatic rings. The van der Waals surface area contributed by atoms with Crippen LogP contribution >= 0.6 is 0 Å². The van der Waals surface area contributed by atoms with Crippen molar-refractivity contribution in [3.63, 3.8) is 0 Å². The normalized spacial score (nSPS) is 12.1. The highest BCUT2D eigenvalue weighted by Crippen LogP contribution is 2.30. The van der Waals surface area contributed by atoms with Gasteiger partial charge in [0.15, 0.2) is 0 Å². The van der Waals surface area contributed by atoms with Crippen LogP contribution in [0.25, 0.3) is 11.0 Å². The standard InChI is InChI=1S/C27H28FN3O2/c1-18-15-23-24(16-19(18)2)31(25(30-23)17-20-9-11-22(28)12-10-20)26(21-7-5-4-6-8-21)27(32)29-13-14-33-3/h4-12,15-16,26H,13-14,17H2,1-3H3,(H,29,32). The molecule has 0 saturated carbocycles. The van der Waals surface area contributed by atoms with E-state index in [9.17, 15) is 9.18 Å². The molecule has 3 aromatic carbocycles. The van der Waals surface area contributed by atoms with Gasteiger partial charge in [-0.2, -0.15) is 0 Å². The van der Waals surface area contributed by atoms with Gasteiger partial charge in [0.25, 0.3) is 0 Å². The molecule has 1 unspecified atom stereocenters. The minimum atomic E-state index is -0.606. The Balaban J connectivity index is 1.89. The van der Waals surface area contributed by atoms with Gasteiger partial charge in [0.05, 0.1) is 17.6 Å². The number of amides is 1. The largest absolute Gasteiger partial charge is 0.383 e. The van der Waals surface area contributed by atoms with E-state index in [1.54, 1.807) is 19.2 Å². The Kier molecular flexibility index (Phi) is 6.84. The van der Waals surface area contributed by atoms with Crippen molar-refractivity contribution < 1.29 is 13.9 Å². The fraction of sp³-hybridized carbons (Fsp3) is 0.259. The number of benzene rings is 3. The zero-order chi connectivity index (χ0) is 23.4. The number of fused-ring (bicyclic) bond motifs is 1. The van der Waals surface area contributed by atoms with E-state index in [0.29, 0.717) is 19.6 Å². The number of carbonyl (C=O) groups excluding carboxylic acids is 1. The molecule has 1 aromatic heterocycles. The maximum atomic E-state index is 13.5. The summed E-state index contributed by atoms with van der Waals surface area (Å²) in [7, 11) is 1.61. The van der Waals surface area contributed by atoms with Crippen molar-refractivity contribution in [2.24, 2.45) is 0 Å². The number of halogens is 1. The molecule has 33 heavy (non-hydrogen) atoms. The SMILES string of the molecule is COCCNC(=O)C(c1ccccc1)n1c(Cc2ccc(F)cc2)nc2cc(C)c(C)cc21. The number of rotatable bonds is 8. The fourth-order valence-electron chi connectivity index (χ4n) is 4.02. The summed E-state index contributed by atoms with van der Waals surface area (Å²) in [6, 6.07) is 19.6. The van der Waals surface area contributed by atoms with Crippen LogP contribution in [0.2, 0.25) is 0 Å². The van der Waals surface area contributed by atoms with Gasteiger partial charge in [0.2, 0.25) is 5.91 Å². The third kappa shape index (κ3) is 4.96. The number of hydrogen-bond donors (Lipinski definition) is 1. The van der Waals surface area contributed by atoms with Crippen LogP contribution in [0, 0.1) is 19.7 Å². The number of ether oxygens (including phenoxy) is 1. The number of nitrogens with zero attached hydrogens (tertiary/aromatic N) is 2. The number of aromatic nitrogens is 2. The lowest BCUT2D eigenvalue weighted by atomic mass is 10.0. The quantitative estimate of drug-likeness (QED) is 0.399. The van der Waals surface area contributed by atoms with Gasteiger partial charge < -0.3 is 14.6 Å². The Labute approximate surface area is 193 Å². The van der Waals surface area contributed by atoms with Crippen molar-refractivity contribution in [3.05, 3.63) is 101 Å². The molecule has 0 radical (unpaired) electrons. The monoisotopic (exact) mass is 445 g/mol. The van der Waals surface area contributed by atoms with Crippen LogP contribution in [0.4, 0.5) is 4.39 Å². The third-order valence-corrected chi connectivity index (χ3v) is 5.88. The van der Waals surface area contributed by atoms with E-state index >= 15 is 0 Å². The molecule has 0 saturated heterocycles. The zero-order valence-electron chi connectivity index (χ0n) is 19.1. The molecule has 0 spiro atoms. The Hall–Kier alpha value is -3.51. The number of aryl methyl sites for hydroxylation is 2. The van der Waals surface area contributed by atoms with Crippen LogP contribution in [-0.4, -0.2) is 35.7 Å². The highest BCUT2D eigenvalue weighted by atomic mass is 19.1. The number of imidazole rings is 1. The van der Waals surface area contributed by atoms with Gasteiger partial charge in [-0.3, -0.25) is 4.79 Å². The smallest absolute Gasteiger partial charge is 0.247 e. The van der Waals surface area contributed by atoms with Crippen molar-refractivity contribution in [2.45, 2.75) is 26.3 Å². The molecule has 1 heterocycles. The summed E-state index contributed by atoms with van der Waals surface area (Å²) < 4.78 is 20.6. The summed E-state index contributed by atoms with van der Waals surface area (Å²) in [6.45, 7) is 4.96. The second-order valence-corrected chi connectivity index (χ2v) is 8.22. The first-order valence-corrected chi connectivity index (χ1v) is 11.0. The highest BCUT2D eigenvalue weighted by Gasteiger charge is 2.27. The Morgan fingerprint density at radius 1 is 1.06 bits per heavy atom. The Morgan fingerprint density at radius 2 is 1.76 bits per heavy atom. The summed E-state index contributed by atoms with van der Waals surface area (Å²) >= 11 is 0. The average Bonchev–Trinajstić information content (AvgIpc) is 3.13. The van der Waals surface area contributed by atoms with Crippen LogP contribution in [0.3, 0.4) is 0 Å². The minimum Gasteiger partial charge on any atom is -0.383 e. The molecular weight excluding hydrogens is 417 g/mol. The second-order valence-electron chi connectivity index (χ2n) is 8.22. The first-order valence-electron chi connectivity index (χ1n) is 11.0. The van der Waals surface area contributed by atoms with E-state index in [1.807, 2.05) is 34.9 Å². The van der Waals surface area contributed by atoms with Crippen molar-refractivity contribution in [3.8, 4) is 0 Å². The van der Waals surface area contributed by atoms with Crippen molar-refractivity contribution in [2.75, 3.05) is 20.3 Å². The van der Waals surface area contributed by atoms with E-state index in [1.165, 1.54) is 12.1 Å². The number of hydrogen-bond acceptors (Lipinski definition) is 3. The molecule has 170 valence electrons. The molecule has 5 nitrogen and oxygen atoms in total. The first-order chi connectivity index (χ1) is 16.0. The first kappa shape index (κ1) is 22.7. The molecule has 0 aliphatic rings. The van der Waals surface area contributed by atoms with Crippen LogP contribution < -0.4 is 5.32 Å². The zero-order valence-corrected chi connectivity index (χ0v) is 19.1. The van der Waals surface area contributed by atoms with Crippen molar-refractivity contribution in [1.82, 2.24) is 14.9 Å². The number of carbonyl (C=O) groups is 1. The molecule has 1 atom stereocenters. The van der Waals surface area contributed by atoms with Crippen LogP contribution in [0.1, 0.15) is 34.1 Å². The fourth-order valence-corrected chi connectivity index (χ4v) is 4.02. The summed E-state index contributed by atoms with van der Waals surface area (Å²) in [5, 5.41) is 3.00. The molecule has 0 aliphatic heterocycles. The lowest BCUT2D eigenvalue weighted by Crippen LogP contribution is -2.35. The molecule has 0 bridgehead atoms. The van der Waals surface area contributed by atoms with Gasteiger partial charge in [0.1, 0.15) is 17.7 Å². The van der Waals surface area contributed by atoms with E-state index in [-0.39, 0.29) is 11.7 Å². The van der Waals surface area contributed by atoms with Crippen molar-refractivity contribution >= 4 is 16.9 Å². The Morgan fingerprint density at radius 3 is 2.45 bits per heavy atom. The molecule has 0 fully saturated rings. The second kappa shape index (κ2) is 9.96. The van der Waals surface area contributed by atoms with E-state index in [2.05, 4.69) is 31.3 Å². The molecule has 1 N–H and O–H groups in total. The van der Waals surface area contributed by atoms with Crippen LogP contribution in [-0.2, 0) is 16.0 Å². The predicted molar refractivity (Wildman–Crippen MR) is 128 cm³/mol. The van der Waals surface area contributed by atoms with Gasteiger partial charge in [-0.15, -0.1) is 0 Å². The van der Waals surface area contributed by atoms with Gasteiger partial charge in [0, 0.05) is 20.1 Å². The molecular formula is C27H28FN3O2. The minimum absolute atomic E-state index is 0.129. The molecule has 4 rings (SSSR count). The Bertz CT molecular complexity index is 1250. The van der Waals surface area contributed by atoms with E-state index < -0.39 is 6.04 Å². The average molecular weight is 446 g/mol. The lowest BCUT2D eigenvalue weighted by molar-refractivity contribution is -0.123. The topological polar surface area (TPSA) is 56.1 Å². The molecule has 1 amide bonds.